The van der Waals surface area contributed by atoms with Gasteiger partial charge in [-0.1, -0.05) is 41.9 Å². The second kappa shape index (κ2) is 11.2. The number of hydrogen-bond donors (Lipinski definition) is 0. The molecule has 1 saturated heterocycles. The van der Waals surface area contributed by atoms with E-state index in [9.17, 15) is 14.4 Å². The number of carbonyl (C=O) groups excluding carboxylic acids is 3. The summed E-state index contributed by atoms with van der Waals surface area (Å²) in [4.78, 5) is 34.8. The zero-order valence-corrected chi connectivity index (χ0v) is 19.2. The van der Waals surface area contributed by atoms with Crippen LogP contribution in [0.4, 0.5) is 0 Å². The highest BCUT2D eigenvalue weighted by atomic mass is 35.5. The van der Waals surface area contributed by atoms with Crippen molar-refractivity contribution in [2.24, 2.45) is 0 Å². The van der Waals surface area contributed by atoms with E-state index in [0.717, 1.165) is 11.1 Å². The molecule has 0 aromatic heterocycles. The minimum absolute atomic E-state index is 0.107. The summed E-state index contributed by atoms with van der Waals surface area (Å²) >= 11 is 6.23. The van der Waals surface area contributed by atoms with Crippen LogP contribution in [0.5, 0.6) is 5.75 Å². The first-order chi connectivity index (χ1) is 15.7. The van der Waals surface area contributed by atoms with Gasteiger partial charge in [0.2, 0.25) is 12.4 Å². The molecule has 9 heteroatoms. The molecule has 1 aliphatic heterocycles. The van der Waals surface area contributed by atoms with Crippen LogP contribution < -0.4 is 4.74 Å². The van der Waals surface area contributed by atoms with Crippen molar-refractivity contribution in [3.8, 4) is 5.75 Å². The molecule has 0 bridgehead atoms. The Morgan fingerprint density at radius 2 is 1.48 bits per heavy atom. The van der Waals surface area contributed by atoms with Gasteiger partial charge in [0.1, 0.15) is 5.75 Å². The first kappa shape index (κ1) is 24.5. The third kappa shape index (κ3) is 6.94. The van der Waals surface area contributed by atoms with Crippen molar-refractivity contribution in [2.75, 3.05) is 6.61 Å². The van der Waals surface area contributed by atoms with Gasteiger partial charge >= 0.3 is 17.9 Å². The largest absolute Gasteiger partial charge is 0.461 e. The first-order valence-electron chi connectivity index (χ1n) is 10.3. The summed E-state index contributed by atoms with van der Waals surface area (Å²) in [7, 11) is 0. The smallest absolute Gasteiger partial charge is 0.303 e. The van der Waals surface area contributed by atoms with E-state index < -0.39 is 42.5 Å². The topological polar surface area (TPSA) is 97.4 Å². The lowest BCUT2D eigenvalue weighted by atomic mass is 10.0. The Bertz CT molecular complexity index is 990. The molecule has 0 saturated carbocycles. The maximum atomic E-state index is 11.7. The summed E-state index contributed by atoms with van der Waals surface area (Å²) in [6.07, 6.45) is -3.62. The minimum atomic E-state index is -1.15. The second-order valence-electron chi connectivity index (χ2n) is 7.53. The Morgan fingerprint density at radius 3 is 2.09 bits per heavy atom. The molecule has 0 aliphatic carbocycles. The molecule has 0 amide bonds. The van der Waals surface area contributed by atoms with Gasteiger partial charge in [0, 0.05) is 25.8 Å². The van der Waals surface area contributed by atoms with Crippen molar-refractivity contribution in [1.29, 1.82) is 0 Å². The van der Waals surface area contributed by atoms with Gasteiger partial charge in [-0.25, -0.2) is 0 Å². The Labute approximate surface area is 196 Å². The predicted octanol–water partition coefficient (Wildman–Crippen LogP) is 3.46. The number of halogens is 1. The molecule has 176 valence electrons. The molecule has 1 heterocycles. The molecular weight excluding hydrogens is 452 g/mol. The van der Waals surface area contributed by atoms with Crippen molar-refractivity contribution >= 4 is 29.5 Å². The van der Waals surface area contributed by atoms with Gasteiger partial charge in [-0.2, -0.15) is 0 Å². The lowest BCUT2D eigenvalue weighted by Crippen LogP contribution is -2.59. The van der Waals surface area contributed by atoms with Crippen LogP contribution in [0, 0.1) is 0 Å². The van der Waals surface area contributed by atoms with Crippen molar-refractivity contribution < 1.29 is 38.1 Å². The van der Waals surface area contributed by atoms with E-state index in [2.05, 4.69) is 0 Å². The van der Waals surface area contributed by atoms with Crippen LogP contribution in [0.25, 0.3) is 0 Å². The fourth-order valence-electron chi connectivity index (χ4n) is 3.49. The Kier molecular flexibility index (Phi) is 8.30. The molecule has 0 spiro atoms. The van der Waals surface area contributed by atoms with Crippen LogP contribution in [0.15, 0.2) is 48.5 Å². The van der Waals surface area contributed by atoms with Gasteiger partial charge in [-0.05, 0) is 35.7 Å². The summed E-state index contributed by atoms with van der Waals surface area (Å²) in [5.41, 5.74) is 2.02. The normalized spacial score (nSPS) is 22.2. The highest BCUT2D eigenvalue weighted by molar-refractivity contribution is 6.31. The summed E-state index contributed by atoms with van der Waals surface area (Å²) in [5, 5.41) is 0.691. The number of esters is 3. The lowest BCUT2D eigenvalue weighted by Gasteiger charge is -2.40. The van der Waals surface area contributed by atoms with E-state index in [1.54, 1.807) is 12.1 Å². The first-order valence-corrected chi connectivity index (χ1v) is 10.7. The standard InChI is InChI=1S/C24H25ClO8/c1-14(26)30-21-13-29-24(23(32-16(3)28)22(21)31-15(2)27)33-19-10-8-17(9-11-19)12-18-6-4-5-7-20(18)25/h4-11,21-24H,12-13H2,1-3H3/t21-,22+,23-,24+/m1/s1. The van der Waals surface area contributed by atoms with Crippen LogP contribution in [0.2, 0.25) is 5.02 Å². The van der Waals surface area contributed by atoms with Crippen LogP contribution in [-0.4, -0.2) is 49.1 Å². The average molecular weight is 477 g/mol. The van der Waals surface area contributed by atoms with Crippen LogP contribution >= 0.6 is 11.6 Å². The van der Waals surface area contributed by atoms with E-state index in [-0.39, 0.29) is 6.61 Å². The predicted molar refractivity (Wildman–Crippen MR) is 118 cm³/mol. The average Bonchev–Trinajstić information content (AvgIpc) is 2.74. The summed E-state index contributed by atoms with van der Waals surface area (Å²) in [6.45, 7) is 3.53. The molecule has 4 atom stereocenters. The molecule has 0 unspecified atom stereocenters. The van der Waals surface area contributed by atoms with E-state index in [4.69, 9.17) is 35.3 Å². The SMILES string of the molecule is CC(=O)O[C@@H]1[C@@H](OC(C)=O)[C@H](Oc2ccc(Cc3ccccc3Cl)cc2)OC[C@H]1OC(C)=O. The zero-order valence-electron chi connectivity index (χ0n) is 18.5. The molecule has 33 heavy (non-hydrogen) atoms. The van der Waals surface area contributed by atoms with Crippen LogP contribution in [0.3, 0.4) is 0 Å². The van der Waals surface area contributed by atoms with Gasteiger partial charge < -0.3 is 23.7 Å². The zero-order chi connectivity index (χ0) is 24.0. The molecule has 2 aromatic rings. The summed E-state index contributed by atoms with van der Waals surface area (Å²) in [5.74, 6) is -1.39. The molecule has 1 aliphatic rings. The van der Waals surface area contributed by atoms with E-state index >= 15 is 0 Å². The van der Waals surface area contributed by atoms with Crippen molar-refractivity contribution in [3.63, 3.8) is 0 Å². The van der Waals surface area contributed by atoms with Crippen molar-refractivity contribution in [3.05, 3.63) is 64.7 Å². The summed E-state index contributed by atoms with van der Waals surface area (Å²) in [6, 6.07) is 14.9. The molecule has 0 N–H and O–H groups in total. The van der Waals surface area contributed by atoms with Crippen LogP contribution in [0.1, 0.15) is 31.9 Å². The second-order valence-corrected chi connectivity index (χ2v) is 7.93. The molecular formula is C24H25ClO8. The van der Waals surface area contributed by atoms with Gasteiger partial charge in [-0.15, -0.1) is 0 Å². The van der Waals surface area contributed by atoms with Gasteiger partial charge in [0.15, 0.2) is 12.2 Å². The Morgan fingerprint density at radius 1 is 0.879 bits per heavy atom. The third-order valence-corrected chi connectivity index (χ3v) is 5.20. The highest BCUT2D eigenvalue weighted by Gasteiger charge is 2.48. The molecule has 8 nitrogen and oxygen atoms in total. The number of ether oxygens (including phenoxy) is 5. The Balaban J connectivity index is 1.76. The Hall–Kier alpha value is -3.10. The summed E-state index contributed by atoms with van der Waals surface area (Å²) < 4.78 is 27.4. The number of benzene rings is 2. The van der Waals surface area contributed by atoms with E-state index in [1.165, 1.54) is 20.8 Å². The van der Waals surface area contributed by atoms with Gasteiger partial charge in [0.05, 0.1) is 6.61 Å². The molecule has 3 rings (SSSR count). The van der Waals surface area contributed by atoms with Gasteiger partial charge in [-0.3, -0.25) is 14.4 Å². The molecule has 0 radical (unpaired) electrons. The lowest BCUT2D eigenvalue weighted by molar-refractivity contribution is -0.259. The highest BCUT2D eigenvalue weighted by Crippen LogP contribution is 2.27. The number of carbonyl (C=O) groups is 3. The van der Waals surface area contributed by atoms with Crippen LogP contribution in [-0.2, 0) is 39.8 Å². The van der Waals surface area contributed by atoms with E-state index in [0.29, 0.717) is 17.2 Å². The fraction of sp³-hybridized carbons (Fsp3) is 0.375. The van der Waals surface area contributed by atoms with Crippen molar-refractivity contribution in [2.45, 2.75) is 51.8 Å². The molecule has 1 fully saturated rings. The maximum Gasteiger partial charge on any atom is 0.303 e. The monoisotopic (exact) mass is 476 g/mol. The van der Waals surface area contributed by atoms with Crippen molar-refractivity contribution in [1.82, 2.24) is 0 Å². The minimum Gasteiger partial charge on any atom is -0.461 e. The number of rotatable bonds is 7. The third-order valence-electron chi connectivity index (χ3n) is 4.83. The fourth-order valence-corrected chi connectivity index (χ4v) is 3.69. The van der Waals surface area contributed by atoms with Gasteiger partial charge in [0.25, 0.3) is 0 Å². The maximum absolute atomic E-state index is 11.7. The van der Waals surface area contributed by atoms with E-state index in [1.807, 2.05) is 36.4 Å². The molecule has 2 aromatic carbocycles. The number of hydrogen-bond acceptors (Lipinski definition) is 8. The quantitative estimate of drug-likeness (QED) is 0.442.